The minimum absolute atomic E-state index is 0.0530. The SMILES string of the molecule is CC(=O)NC(C(=O)Nc1ccc(C)c(S(=O)(=O)Nc2ccc(Cl)cc2)c1)C1CCCC1. The van der Waals surface area contributed by atoms with Gasteiger partial charge in [0.25, 0.3) is 10.0 Å². The average molecular weight is 464 g/mol. The zero-order valence-electron chi connectivity index (χ0n) is 17.4. The van der Waals surface area contributed by atoms with Gasteiger partial charge in [0.2, 0.25) is 11.8 Å². The summed E-state index contributed by atoms with van der Waals surface area (Å²) >= 11 is 5.85. The molecule has 0 bridgehead atoms. The normalized spacial score (nSPS) is 15.3. The van der Waals surface area contributed by atoms with E-state index in [1.165, 1.54) is 13.0 Å². The number of amides is 2. The molecule has 0 heterocycles. The summed E-state index contributed by atoms with van der Waals surface area (Å²) in [7, 11) is -3.88. The number of hydrogen-bond acceptors (Lipinski definition) is 4. The zero-order chi connectivity index (χ0) is 22.6. The third-order valence-electron chi connectivity index (χ3n) is 5.35. The van der Waals surface area contributed by atoms with Gasteiger partial charge in [0.1, 0.15) is 6.04 Å². The quantitative estimate of drug-likeness (QED) is 0.575. The van der Waals surface area contributed by atoms with E-state index in [4.69, 9.17) is 11.6 Å². The molecule has 1 atom stereocenters. The molecule has 31 heavy (non-hydrogen) atoms. The first kappa shape index (κ1) is 23.1. The molecule has 3 rings (SSSR count). The summed E-state index contributed by atoms with van der Waals surface area (Å²) in [5, 5.41) is 6.01. The number of sulfonamides is 1. The van der Waals surface area contributed by atoms with Crippen molar-refractivity contribution >= 4 is 44.8 Å². The van der Waals surface area contributed by atoms with Crippen LogP contribution in [0.2, 0.25) is 5.02 Å². The van der Waals surface area contributed by atoms with Crippen LogP contribution in [0.3, 0.4) is 0 Å². The molecule has 2 aromatic carbocycles. The van der Waals surface area contributed by atoms with Crippen molar-refractivity contribution in [3.05, 3.63) is 53.1 Å². The Morgan fingerprint density at radius 1 is 1.03 bits per heavy atom. The van der Waals surface area contributed by atoms with E-state index in [-0.39, 0.29) is 22.6 Å². The summed E-state index contributed by atoms with van der Waals surface area (Å²) in [5.41, 5.74) is 1.26. The van der Waals surface area contributed by atoms with Gasteiger partial charge in [-0.25, -0.2) is 8.42 Å². The number of carbonyl (C=O) groups is 2. The van der Waals surface area contributed by atoms with Gasteiger partial charge in [0.05, 0.1) is 4.90 Å². The Balaban J connectivity index is 1.81. The van der Waals surface area contributed by atoms with Crippen LogP contribution in [-0.4, -0.2) is 26.3 Å². The Morgan fingerprint density at radius 3 is 2.26 bits per heavy atom. The molecule has 1 saturated carbocycles. The van der Waals surface area contributed by atoms with Crippen molar-refractivity contribution in [1.29, 1.82) is 0 Å². The van der Waals surface area contributed by atoms with Crippen LogP contribution in [0.25, 0.3) is 0 Å². The molecule has 2 amide bonds. The first-order valence-corrected chi connectivity index (χ1v) is 12.0. The highest BCUT2D eigenvalue weighted by Crippen LogP contribution is 2.29. The van der Waals surface area contributed by atoms with Crippen molar-refractivity contribution in [1.82, 2.24) is 5.32 Å². The Labute approximate surface area is 187 Å². The molecule has 1 aliphatic rings. The molecule has 0 radical (unpaired) electrons. The lowest BCUT2D eigenvalue weighted by atomic mass is 9.97. The Kier molecular flexibility index (Phi) is 7.23. The molecule has 1 aliphatic carbocycles. The standard InChI is InChI=1S/C22H26ClN3O4S/c1-14-7-10-19(25-22(28)21(24-15(2)27)16-5-3-4-6-16)13-20(14)31(29,30)26-18-11-8-17(23)9-12-18/h7-13,16,21,26H,3-6H2,1-2H3,(H,24,27)(H,25,28). The maximum absolute atomic E-state index is 12.9. The molecule has 9 heteroatoms. The number of benzene rings is 2. The molecular formula is C22H26ClN3O4S. The summed E-state index contributed by atoms with van der Waals surface area (Å²) in [5.74, 6) is -0.546. The highest BCUT2D eigenvalue weighted by Gasteiger charge is 2.31. The lowest BCUT2D eigenvalue weighted by Crippen LogP contribution is -2.47. The number of carbonyl (C=O) groups excluding carboxylic acids is 2. The van der Waals surface area contributed by atoms with Gasteiger partial charge in [0, 0.05) is 23.3 Å². The Morgan fingerprint density at radius 2 is 1.65 bits per heavy atom. The van der Waals surface area contributed by atoms with E-state index in [0.29, 0.717) is 22.0 Å². The molecule has 2 aromatic rings. The number of nitrogens with one attached hydrogen (secondary N) is 3. The number of halogens is 1. The fourth-order valence-corrected chi connectivity index (χ4v) is 5.28. The first-order chi connectivity index (χ1) is 14.7. The van der Waals surface area contributed by atoms with Gasteiger partial charge in [0.15, 0.2) is 0 Å². The second kappa shape index (κ2) is 9.70. The summed E-state index contributed by atoms with van der Waals surface area (Å²) in [6.45, 7) is 3.06. The van der Waals surface area contributed by atoms with Crippen LogP contribution in [0, 0.1) is 12.8 Å². The van der Waals surface area contributed by atoms with Crippen LogP contribution in [0.15, 0.2) is 47.4 Å². The van der Waals surface area contributed by atoms with Crippen LogP contribution in [0.4, 0.5) is 11.4 Å². The van der Waals surface area contributed by atoms with E-state index in [0.717, 1.165) is 25.7 Å². The van der Waals surface area contributed by atoms with Gasteiger partial charge in [-0.1, -0.05) is 30.5 Å². The van der Waals surface area contributed by atoms with Crippen LogP contribution in [0.5, 0.6) is 0 Å². The number of rotatable bonds is 7. The number of anilines is 2. The van der Waals surface area contributed by atoms with Crippen LogP contribution in [0.1, 0.15) is 38.2 Å². The highest BCUT2D eigenvalue weighted by atomic mass is 35.5. The maximum atomic E-state index is 12.9. The lowest BCUT2D eigenvalue weighted by molar-refractivity contribution is -0.126. The summed E-state index contributed by atoms with van der Waals surface area (Å²) < 4.78 is 28.4. The summed E-state index contributed by atoms with van der Waals surface area (Å²) in [4.78, 5) is 24.6. The smallest absolute Gasteiger partial charge is 0.262 e. The first-order valence-electron chi connectivity index (χ1n) is 10.1. The third-order valence-corrected chi connectivity index (χ3v) is 7.13. The maximum Gasteiger partial charge on any atom is 0.262 e. The third kappa shape index (κ3) is 5.98. The van der Waals surface area contributed by atoms with Gasteiger partial charge in [-0.3, -0.25) is 14.3 Å². The van der Waals surface area contributed by atoms with Gasteiger partial charge in [-0.15, -0.1) is 0 Å². The van der Waals surface area contributed by atoms with E-state index in [1.54, 1.807) is 43.3 Å². The van der Waals surface area contributed by atoms with Crippen molar-refractivity contribution in [2.45, 2.75) is 50.5 Å². The van der Waals surface area contributed by atoms with Crippen molar-refractivity contribution in [2.75, 3.05) is 10.0 Å². The second-order valence-corrected chi connectivity index (χ2v) is 9.89. The van der Waals surface area contributed by atoms with E-state index >= 15 is 0 Å². The molecule has 1 unspecified atom stereocenters. The fraction of sp³-hybridized carbons (Fsp3) is 0.364. The largest absolute Gasteiger partial charge is 0.344 e. The van der Waals surface area contributed by atoms with E-state index < -0.39 is 16.1 Å². The van der Waals surface area contributed by atoms with Crippen LogP contribution in [-0.2, 0) is 19.6 Å². The molecule has 0 aliphatic heterocycles. The van der Waals surface area contributed by atoms with E-state index in [2.05, 4.69) is 15.4 Å². The average Bonchev–Trinajstić information content (AvgIpc) is 3.23. The van der Waals surface area contributed by atoms with Gasteiger partial charge < -0.3 is 10.6 Å². The Hall–Kier alpha value is -2.58. The predicted octanol–water partition coefficient (Wildman–Crippen LogP) is 4.08. The second-order valence-electron chi connectivity index (χ2n) is 7.80. The van der Waals surface area contributed by atoms with Crippen molar-refractivity contribution in [3.8, 4) is 0 Å². The summed E-state index contributed by atoms with van der Waals surface area (Å²) in [6.07, 6.45) is 3.79. The molecule has 166 valence electrons. The molecule has 0 saturated heterocycles. The molecule has 0 spiro atoms. The van der Waals surface area contributed by atoms with E-state index in [9.17, 15) is 18.0 Å². The van der Waals surface area contributed by atoms with Crippen LogP contribution < -0.4 is 15.4 Å². The minimum Gasteiger partial charge on any atom is -0.344 e. The highest BCUT2D eigenvalue weighted by molar-refractivity contribution is 7.92. The molecule has 3 N–H and O–H groups in total. The van der Waals surface area contributed by atoms with Gasteiger partial charge >= 0.3 is 0 Å². The number of aryl methyl sites for hydroxylation is 1. The molecule has 0 aromatic heterocycles. The predicted molar refractivity (Wildman–Crippen MR) is 122 cm³/mol. The Bertz CT molecular complexity index is 1060. The number of hydrogen-bond donors (Lipinski definition) is 3. The van der Waals surface area contributed by atoms with Gasteiger partial charge in [-0.2, -0.15) is 0 Å². The van der Waals surface area contributed by atoms with Crippen LogP contribution >= 0.6 is 11.6 Å². The summed E-state index contributed by atoms with van der Waals surface area (Å²) in [6, 6.07) is 10.4. The van der Waals surface area contributed by atoms with Gasteiger partial charge in [-0.05, 0) is 67.6 Å². The van der Waals surface area contributed by atoms with Crippen molar-refractivity contribution in [2.24, 2.45) is 5.92 Å². The zero-order valence-corrected chi connectivity index (χ0v) is 19.0. The van der Waals surface area contributed by atoms with E-state index in [1.807, 2.05) is 0 Å². The minimum atomic E-state index is -3.88. The molecule has 1 fully saturated rings. The van der Waals surface area contributed by atoms with Crippen molar-refractivity contribution in [3.63, 3.8) is 0 Å². The lowest BCUT2D eigenvalue weighted by Gasteiger charge is -2.23. The van der Waals surface area contributed by atoms with Crippen molar-refractivity contribution < 1.29 is 18.0 Å². The monoisotopic (exact) mass is 463 g/mol. The molecular weight excluding hydrogens is 438 g/mol. The topological polar surface area (TPSA) is 104 Å². The fourth-order valence-electron chi connectivity index (χ4n) is 3.82. The molecule has 7 nitrogen and oxygen atoms in total.